The van der Waals surface area contributed by atoms with E-state index in [1.54, 1.807) is 0 Å². The van der Waals surface area contributed by atoms with Gasteiger partial charge in [-0.1, -0.05) is 60.7 Å². The van der Waals surface area contributed by atoms with E-state index in [0.717, 1.165) is 64.5 Å². The van der Waals surface area contributed by atoms with E-state index in [4.69, 9.17) is 0 Å². The van der Waals surface area contributed by atoms with Crippen LogP contribution in [0.4, 0.5) is 0 Å². The van der Waals surface area contributed by atoms with E-state index in [0.29, 0.717) is 37.8 Å². The Hall–Kier alpha value is -3.15. The Morgan fingerprint density at radius 3 is 1.90 bits per heavy atom. The summed E-state index contributed by atoms with van der Waals surface area (Å²) in [5.74, 6) is 1.68. The van der Waals surface area contributed by atoms with Crippen molar-refractivity contribution in [2.75, 3.05) is 26.2 Å². The van der Waals surface area contributed by atoms with E-state index >= 15 is 0 Å². The van der Waals surface area contributed by atoms with Gasteiger partial charge in [0.25, 0.3) is 0 Å². The summed E-state index contributed by atoms with van der Waals surface area (Å²) in [7, 11) is 0. The molecule has 4 aliphatic carbocycles. The minimum atomic E-state index is -0.418. The highest BCUT2D eigenvalue weighted by Gasteiger charge is 2.62. The molecule has 1 saturated heterocycles. The fourth-order valence-corrected chi connectivity index (χ4v) is 8.81. The van der Waals surface area contributed by atoms with Crippen molar-refractivity contribution in [3.05, 3.63) is 71.8 Å². The molecule has 6 nitrogen and oxygen atoms in total. The van der Waals surface area contributed by atoms with Crippen LogP contribution in [0.2, 0.25) is 0 Å². The lowest BCUT2D eigenvalue weighted by Crippen LogP contribution is -2.61. The average Bonchev–Trinajstić information content (AvgIpc) is 3.37. The van der Waals surface area contributed by atoms with Gasteiger partial charge >= 0.3 is 0 Å². The highest BCUT2D eigenvalue weighted by Crippen LogP contribution is 2.65. The molecule has 0 radical (unpaired) electrons. The molecule has 212 valence electrons. The normalized spacial score (nSPS) is 28.7. The fraction of sp³-hybridized carbons (Fsp3) is 0.559. The number of nitrogens with zero attached hydrogens (tertiary/aromatic N) is 1. The van der Waals surface area contributed by atoms with Gasteiger partial charge in [0.05, 0.1) is 10.8 Å². The number of hydrogen-bond acceptors (Lipinski definition) is 3. The third-order valence-electron chi connectivity index (χ3n) is 10.2. The van der Waals surface area contributed by atoms with Gasteiger partial charge in [0.15, 0.2) is 0 Å². The maximum Gasteiger partial charge on any atom is 0.226 e. The van der Waals surface area contributed by atoms with Gasteiger partial charge in [-0.15, -0.1) is 0 Å². The molecular formula is C34H43N3O3. The van der Waals surface area contributed by atoms with Crippen molar-refractivity contribution in [1.29, 1.82) is 0 Å². The second-order valence-electron chi connectivity index (χ2n) is 13.0. The van der Waals surface area contributed by atoms with Crippen molar-refractivity contribution in [2.24, 2.45) is 22.7 Å². The summed E-state index contributed by atoms with van der Waals surface area (Å²) < 4.78 is 0. The number of carbonyl (C=O) groups is 3. The lowest BCUT2D eigenvalue weighted by Gasteiger charge is -2.60. The molecule has 2 aromatic rings. The van der Waals surface area contributed by atoms with Crippen molar-refractivity contribution in [3.63, 3.8) is 0 Å². The van der Waals surface area contributed by atoms with Gasteiger partial charge in [-0.2, -0.15) is 0 Å². The van der Waals surface area contributed by atoms with Crippen LogP contribution < -0.4 is 10.6 Å². The van der Waals surface area contributed by atoms with Crippen molar-refractivity contribution in [1.82, 2.24) is 15.5 Å². The molecule has 0 aromatic heterocycles. The monoisotopic (exact) mass is 541 g/mol. The minimum Gasteiger partial charge on any atom is -0.356 e. The predicted octanol–water partition coefficient (Wildman–Crippen LogP) is 5.04. The fourth-order valence-electron chi connectivity index (χ4n) is 8.81. The first-order chi connectivity index (χ1) is 19.5. The molecule has 4 saturated carbocycles. The molecule has 2 unspecified atom stereocenters. The molecule has 5 aliphatic rings. The Kier molecular flexibility index (Phi) is 7.69. The first-order valence-electron chi connectivity index (χ1n) is 15.4. The second kappa shape index (κ2) is 11.4. The smallest absolute Gasteiger partial charge is 0.226 e. The molecule has 4 bridgehead atoms. The van der Waals surface area contributed by atoms with Crippen LogP contribution in [0, 0.1) is 22.7 Å². The van der Waals surface area contributed by atoms with Gasteiger partial charge in [0.1, 0.15) is 0 Å². The molecule has 3 amide bonds. The summed E-state index contributed by atoms with van der Waals surface area (Å²) in [5, 5.41) is 6.57. The Morgan fingerprint density at radius 2 is 1.38 bits per heavy atom. The van der Waals surface area contributed by atoms with Gasteiger partial charge in [-0.25, -0.2) is 0 Å². The summed E-state index contributed by atoms with van der Waals surface area (Å²) in [6.07, 6.45) is 8.73. The van der Waals surface area contributed by atoms with E-state index in [2.05, 4.69) is 59.2 Å². The zero-order chi connectivity index (χ0) is 27.6. The second-order valence-corrected chi connectivity index (χ2v) is 13.0. The van der Waals surface area contributed by atoms with Crippen LogP contribution in [0.1, 0.15) is 81.3 Å². The maximum absolute atomic E-state index is 13.9. The lowest BCUT2D eigenvalue weighted by molar-refractivity contribution is -0.167. The first kappa shape index (κ1) is 27.0. The molecule has 2 N–H and O–H groups in total. The molecule has 2 aromatic carbocycles. The Morgan fingerprint density at radius 1 is 0.825 bits per heavy atom. The summed E-state index contributed by atoms with van der Waals surface area (Å²) >= 11 is 0. The van der Waals surface area contributed by atoms with Crippen LogP contribution in [-0.4, -0.2) is 48.8 Å². The van der Waals surface area contributed by atoms with Crippen LogP contribution in [0.25, 0.3) is 0 Å². The quantitative estimate of drug-likeness (QED) is 0.391. The minimum absolute atomic E-state index is 0.139. The van der Waals surface area contributed by atoms with Crippen molar-refractivity contribution < 1.29 is 14.4 Å². The van der Waals surface area contributed by atoms with E-state index < -0.39 is 10.8 Å². The average molecular weight is 542 g/mol. The number of likely N-dealkylation sites (tertiary alicyclic amines) is 1. The molecule has 1 aliphatic heterocycles. The Bertz CT molecular complexity index is 1160. The predicted molar refractivity (Wildman–Crippen MR) is 155 cm³/mol. The number of nitrogens with one attached hydrogen (secondary N) is 2. The highest BCUT2D eigenvalue weighted by molar-refractivity contribution is 5.88. The van der Waals surface area contributed by atoms with E-state index in [1.165, 1.54) is 11.1 Å². The summed E-state index contributed by atoms with van der Waals surface area (Å²) in [6, 6.07) is 21.1. The van der Waals surface area contributed by atoms with Gasteiger partial charge in [-0.3, -0.25) is 14.4 Å². The van der Waals surface area contributed by atoms with E-state index in [-0.39, 0.29) is 23.6 Å². The third kappa shape index (κ3) is 5.42. The lowest BCUT2D eigenvalue weighted by atomic mass is 9.43. The van der Waals surface area contributed by atoms with Gasteiger partial charge in [0, 0.05) is 38.5 Å². The number of amides is 3. The molecule has 7 rings (SSSR count). The zero-order valence-electron chi connectivity index (χ0n) is 23.6. The molecule has 2 atom stereocenters. The van der Waals surface area contributed by atoms with Crippen LogP contribution in [0.3, 0.4) is 0 Å². The standard InChI is InChI=1S/C34H43N3O3/c38-30-13-7-17-37(30)18-8-15-35-31(39)33-20-25-19-26(21-33)23-34(22-25,24-33)32(40)36-16-14-29(27-9-3-1-4-10-27)28-11-5-2-6-12-28/h1-6,9-12,25-26,29H,7-8,13-24H2,(H,35,39)(H,36,40). The summed E-state index contributed by atoms with van der Waals surface area (Å²) in [4.78, 5) is 41.3. The largest absolute Gasteiger partial charge is 0.356 e. The number of carbonyl (C=O) groups excluding carboxylic acids is 3. The number of hydrogen-bond donors (Lipinski definition) is 2. The van der Waals surface area contributed by atoms with Crippen LogP contribution in [0.15, 0.2) is 60.7 Å². The molecule has 1 heterocycles. The highest BCUT2D eigenvalue weighted by atomic mass is 16.2. The molecular weight excluding hydrogens is 498 g/mol. The summed E-state index contributed by atoms with van der Waals surface area (Å²) in [6.45, 7) is 2.78. The number of rotatable bonds is 11. The molecule has 5 fully saturated rings. The van der Waals surface area contributed by atoms with Gasteiger partial charge in [-0.05, 0) is 80.8 Å². The SMILES string of the molecule is O=C1CCCN1CCCNC(=O)C12CC3CC(C1)CC(C(=O)NCCC(c1ccccc1)c1ccccc1)(C3)C2. The van der Waals surface area contributed by atoms with Crippen LogP contribution in [-0.2, 0) is 14.4 Å². The first-order valence-corrected chi connectivity index (χ1v) is 15.4. The Labute approximate surface area is 238 Å². The number of benzene rings is 2. The van der Waals surface area contributed by atoms with E-state index in [9.17, 15) is 14.4 Å². The molecule has 40 heavy (non-hydrogen) atoms. The van der Waals surface area contributed by atoms with Gasteiger partial charge < -0.3 is 15.5 Å². The molecule has 6 heteroatoms. The van der Waals surface area contributed by atoms with Crippen molar-refractivity contribution >= 4 is 17.7 Å². The summed E-state index contributed by atoms with van der Waals surface area (Å²) in [5.41, 5.74) is 1.70. The van der Waals surface area contributed by atoms with Crippen LogP contribution >= 0.6 is 0 Å². The Balaban J connectivity index is 1.07. The van der Waals surface area contributed by atoms with Gasteiger partial charge in [0.2, 0.25) is 17.7 Å². The zero-order valence-corrected chi connectivity index (χ0v) is 23.6. The van der Waals surface area contributed by atoms with Crippen LogP contribution in [0.5, 0.6) is 0 Å². The molecule has 0 spiro atoms. The van der Waals surface area contributed by atoms with E-state index in [1.807, 2.05) is 17.0 Å². The van der Waals surface area contributed by atoms with Crippen molar-refractivity contribution in [3.8, 4) is 0 Å². The topological polar surface area (TPSA) is 78.5 Å². The maximum atomic E-state index is 13.9. The third-order valence-corrected chi connectivity index (χ3v) is 10.2. The van der Waals surface area contributed by atoms with Crippen molar-refractivity contribution in [2.45, 2.75) is 70.1 Å².